The third-order valence-electron chi connectivity index (χ3n) is 4.10. The number of aryl methyl sites for hydroxylation is 1. The number of imide groups is 1. The molecule has 0 aromatic heterocycles. The topological polar surface area (TPSA) is 75.7 Å². The van der Waals surface area contributed by atoms with E-state index in [1.54, 1.807) is 19.1 Å². The Bertz CT molecular complexity index is 956. The fraction of sp³-hybridized carbons (Fsp3) is 0.211. The monoisotopic (exact) mass is 392 g/mol. The van der Waals surface area contributed by atoms with E-state index in [0.717, 1.165) is 16.5 Å². The number of benzene rings is 2. The van der Waals surface area contributed by atoms with Gasteiger partial charge in [-0.3, -0.25) is 19.3 Å². The molecule has 1 heterocycles. The molecule has 3 amide bonds. The Morgan fingerprint density at radius 3 is 2.46 bits per heavy atom. The number of carbonyl (C=O) groups excluding carboxylic acids is 3. The van der Waals surface area contributed by atoms with Gasteiger partial charge < -0.3 is 10.1 Å². The number of amides is 3. The zero-order chi connectivity index (χ0) is 20.5. The van der Waals surface area contributed by atoms with Crippen LogP contribution in [0.1, 0.15) is 31.8 Å². The van der Waals surface area contributed by atoms with Crippen LogP contribution in [-0.4, -0.2) is 35.5 Å². The Morgan fingerprint density at radius 2 is 1.75 bits per heavy atom. The zero-order valence-corrected chi connectivity index (χ0v) is 14.7. The number of para-hydroxylation sites is 1. The van der Waals surface area contributed by atoms with Crippen molar-refractivity contribution in [2.24, 2.45) is 0 Å². The van der Waals surface area contributed by atoms with Crippen molar-refractivity contribution in [1.29, 1.82) is 0 Å². The SMILES string of the molecule is Cc1ccc2c(c1)C(=O)N(CC(=O)NCc1ccccc1OC(F)(F)F)C2=O. The van der Waals surface area contributed by atoms with Crippen molar-refractivity contribution in [2.75, 3.05) is 6.54 Å². The molecule has 0 atom stereocenters. The first-order valence-corrected chi connectivity index (χ1v) is 8.23. The van der Waals surface area contributed by atoms with Crippen molar-refractivity contribution in [3.63, 3.8) is 0 Å². The predicted octanol–water partition coefficient (Wildman–Crippen LogP) is 2.81. The maximum atomic E-state index is 12.4. The van der Waals surface area contributed by atoms with Crippen molar-refractivity contribution < 1.29 is 32.3 Å². The molecule has 1 N–H and O–H groups in total. The molecular formula is C19H15F3N2O4. The van der Waals surface area contributed by atoms with Crippen molar-refractivity contribution in [3.05, 3.63) is 64.7 Å². The minimum atomic E-state index is -4.86. The van der Waals surface area contributed by atoms with Crippen LogP contribution in [0.4, 0.5) is 13.2 Å². The van der Waals surface area contributed by atoms with E-state index in [9.17, 15) is 27.6 Å². The van der Waals surface area contributed by atoms with Gasteiger partial charge in [0.1, 0.15) is 12.3 Å². The lowest BCUT2D eigenvalue weighted by molar-refractivity contribution is -0.274. The van der Waals surface area contributed by atoms with E-state index in [1.165, 1.54) is 24.3 Å². The summed E-state index contributed by atoms with van der Waals surface area (Å²) in [7, 11) is 0. The zero-order valence-electron chi connectivity index (χ0n) is 14.7. The van der Waals surface area contributed by atoms with Gasteiger partial charge in [0, 0.05) is 12.1 Å². The van der Waals surface area contributed by atoms with Crippen LogP contribution in [0, 0.1) is 6.92 Å². The first-order valence-electron chi connectivity index (χ1n) is 8.23. The van der Waals surface area contributed by atoms with Gasteiger partial charge in [-0.1, -0.05) is 29.8 Å². The molecule has 0 unspecified atom stereocenters. The summed E-state index contributed by atoms with van der Waals surface area (Å²) in [6, 6.07) is 10.1. The molecule has 2 aromatic rings. The smallest absolute Gasteiger partial charge is 0.405 e. The highest BCUT2D eigenvalue weighted by atomic mass is 19.4. The van der Waals surface area contributed by atoms with E-state index in [-0.39, 0.29) is 23.2 Å². The van der Waals surface area contributed by atoms with Gasteiger partial charge in [-0.2, -0.15) is 0 Å². The van der Waals surface area contributed by atoms with Crippen LogP contribution in [-0.2, 0) is 11.3 Å². The fourth-order valence-electron chi connectivity index (χ4n) is 2.82. The Kier molecular flexibility index (Phi) is 5.08. The molecule has 0 fully saturated rings. The van der Waals surface area contributed by atoms with Gasteiger partial charge in [0.15, 0.2) is 0 Å². The van der Waals surface area contributed by atoms with E-state index in [2.05, 4.69) is 10.1 Å². The number of alkyl halides is 3. The molecule has 0 saturated carbocycles. The Hall–Kier alpha value is -3.36. The fourth-order valence-corrected chi connectivity index (χ4v) is 2.82. The van der Waals surface area contributed by atoms with Gasteiger partial charge >= 0.3 is 6.36 Å². The quantitative estimate of drug-likeness (QED) is 0.794. The molecule has 0 radical (unpaired) electrons. The van der Waals surface area contributed by atoms with Crippen LogP contribution in [0.15, 0.2) is 42.5 Å². The Balaban J connectivity index is 1.65. The maximum Gasteiger partial charge on any atom is 0.573 e. The standard InChI is InChI=1S/C19H15F3N2O4/c1-11-6-7-13-14(8-11)18(27)24(17(13)26)10-16(25)23-9-12-4-2-3-5-15(12)28-19(20,21)22/h2-8H,9-10H2,1H3,(H,23,25). The van der Waals surface area contributed by atoms with Crippen molar-refractivity contribution in [2.45, 2.75) is 19.8 Å². The van der Waals surface area contributed by atoms with Crippen LogP contribution in [0.2, 0.25) is 0 Å². The normalized spacial score (nSPS) is 13.5. The minimum absolute atomic E-state index is 0.103. The van der Waals surface area contributed by atoms with Crippen molar-refractivity contribution in [1.82, 2.24) is 10.2 Å². The van der Waals surface area contributed by atoms with Crippen molar-refractivity contribution in [3.8, 4) is 5.75 Å². The van der Waals surface area contributed by atoms with E-state index in [0.29, 0.717) is 0 Å². The molecule has 0 bridgehead atoms. The molecule has 6 nitrogen and oxygen atoms in total. The molecular weight excluding hydrogens is 377 g/mol. The molecule has 0 spiro atoms. The van der Waals surface area contributed by atoms with Gasteiger partial charge in [-0.15, -0.1) is 13.2 Å². The highest BCUT2D eigenvalue weighted by molar-refractivity contribution is 6.22. The van der Waals surface area contributed by atoms with Gasteiger partial charge in [-0.25, -0.2) is 0 Å². The molecule has 1 aliphatic rings. The van der Waals surface area contributed by atoms with Gasteiger partial charge in [-0.05, 0) is 25.1 Å². The number of hydrogen-bond acceptors (Lipinski definition) is 4. The molecule has 146 valence electrons. The third kappa shape index (κ3) is 4.13. The number of ether oxygens (including phenoxy) is 1. The number of hydrogen-bond donors (Lipinski definition) is 1. The second-order valence-corrected chi connectivity index (χ2v) is 6.18. The highest BCUT2D eigenvalue weighted by Gasteiger charge is 2.36. The Labute approximate surface area is 157 Å². The van der Waals surface area contributed by atoms with Crippen LogP contribution < -0.4 is 10.1 Å². The first-order chi connectivity index (χ1) is 13.2. The summed E-state index contributed by atoms with van der Waals surface area (Å²) in [5, 5.41) is 2.40. The first kappa shape index (κ1) is 19.4. The molecule has 0 saturated heterocycles. The number of fused-ring (bicyclic) bond motifs is 1. The van der Waals surface area contributed by atoms with Crippen molar-refractivity contribution >= 4 is 17.7 Å². The molecule has 1 aliphatic heterocycles. The third-order valence-corrected chi connectivity index (χ3v) is 4.10. The predicted molar refractivity (Wildman–Crippen MR) is 91.5 cm³/mol. The summed E-state index contributed by atoms with van der Waals surface area (Å²) in [6.07, 6.45) is -4.86. The lowest BCUT2D eigenvalue weighted by Gasteiger charge is -2.15. The molecule has 2 aromatic carbocycles. The number of carbonyl (C=O) groups is 3. The van der Waals surface area contributed by atoms with Crippen LogP contribution >= 0.6 is 0 Å². The van der Waals surface area contributed by atoms with Gasteiger partial charge in [0.25, 0.3) is 11.8 Å². The number of halogens is 3. The summed E-state index contributed by atoms with van der Waals surface area (Å²) in [6.45, 7) is 0.981. The number of nitrogens with zero attached hydrogens (tertiary/aromatic N) is 1. The average molecular weight is 392 g/mol. The summed E-state index contributed by atoms with van der Waals surface area (Å²) >= 11 is 0. The lowest BCUT2D eigenvalue weighted by Crippen LogP contribution is -2.40. The molecule has 0 aliphatic carbocycles. The lowest BCUT2D eigenvalue weighted by atomic mass is 10.1. The van der Waals surface area contributed by atoms with Gasteiger partial charge in [0.2, 0.25) is 5.91 Å². The van der Waals surface area contributed by atoms with E-state index >= 15 is 0 Å². The number of nitrogens with one attached hydrogen (secondary N) is 1. The molecule has 3 rings (SSSR count). The average Bonchev–Trinajstić information content (AvgIpc) is 2.84. The minimum Gasteiger partial charge on any atom is -0.405 e. The second-order valence-electron chi connectivity index (χ2n) is 6.18. The maximum absolute atomic E-state index is 12.4. The van der Waals surface area contributed by atoms with E-state index < -0.39 is 36.4 Å². The Morgan fingerprint density at radius 1 is 1.07 bits per heavy atom. The van der Waals surface area contributed by atoms with E-state index in [1.807, 2.05) is 0 Å². The van der Waals surface area contributed by atoms with Crippen LogP contribution in [0.25, 0.3) is 0 Å². The largest absolute Gasteiger partial charge is 0.573 e. The highest BCUT2D eigenvalue weighted by Crippen LogP contribution is 2.26. The van der Waals surface area contributed by atoms with Gasteiger partial charge in [0.05, 0.1) is 11.1 Å². The summed E-state index contributed by atoms with van der Waals surface area (Å²) in [4.78, 5) is 37.6. The summed E-state index contributed by atoms with van der Waals surface area (Å²) < 4.78 is 41.2. The number of rotatable bonds is 5. The second kappa shape index (κ2) is 7.34. The molecule has 9 heteroatoms. The van der Waals surface area contributed by atoms with Crippen LogP contribution in [0.5, 0.6) is 5.75 Å². The van der Waals surface area contributed by atoms with E-state index in [4.69, 9.17) is 0 Å². The summed E-state index contributed by atoms with van der Waals surface area (Å²) in [5.74, 6) is -2.30. The molecule has 28 heavy (non-hydrogen) atoms. The van der Waals surface area contributed by atoms with Crippen LogP contribution in [0.3, 0.4) is 0 Å². The summed E-state index contributed by atoms with van der Waals surface area (Å²) in [5.41, 5.74) is 1.34.